The molecule has 0 amide bonds. The minimum Gasteiger partial charge on any atom is -0.256 e. The van der Waals surface area contributed by atoms with Gasteiger partial charge in [-0.1, -0.05) is 135 Å². The van der Waals surface area contributed by atoms with Crippen LogP contribution in [-0.2, 0) is 6.42 Å². The zero-order chi connectivity index (χ0) is 33.2. The molecule has 1 unspecified atom stereocenters. The monoisotopic (exact) mass is 629 g/mol. The SMILES string of the molecule is C=Cc1c(-c2nc(CC3C=CC(c4ccc5ncccc5c4)=CC3)cc(-c3ccc(-c4ccccc4)cc3)n2)cc2ccccc2c1C=C. The zero-order valence-electron chi connectivity index (χ0n) is 27.3. The molecule has 3 nitrogen and oxygen atoms in total. The summed E-state index contributed by atoms with van der Waals surface area (Å²) >= 11 is 0. The van der Waals surface area contributed by atoms with Crippen LogP contribution in [0.25, 0.3) is 73.2 Å². The van der Waals surface area contributed by atoms with Crippen molar-refractivity contribution >= 4 is 39.4 Å². The molecule has 0 bridgehead atoms. The van der Waals surface area contributed by atoms with Crippen molar-refractivity contribution in [3.8, 4) is 33.8 Å². The number of rotatable bonds is 8. The summed E-state index contributed by atoms with van der Waals surface area (Å²) in [6.45, 7) is 8.35. The van der Waals surface area contributed by atoms with Gasteiger partial charge in [0.2, 0.25) is 0 Å². The Morgan fingerprint density at radius 1 is 0.653 bits per heavy atom. The van der Waals surface area contributed by atoms with E-state index < -0.39 is 0 Å². The lowest BCUT2D eigenvalue weighted by Crippen LogP contribution is -2.08. The number of hydrogen-bond donors (Lipinski definition) is 0. The average Bonchev–Trinajstić information content (AvgIpc) is 3.17. The van der Waals surface area contributed by atoms with E-state index in [1.807, 2.05) is 30.5 Å². The van der Waals surface area contributed by atoms with Gasteiger partial charge in [0, 0.05) is 28.4 Å². The molecule has 0 aliphatic heterocycles. The van der Waals surface area contributed by atoms with Gasteiger partial charge in [0.25, 0.3) is 0 Å². The molecule has 2 heterocycles. The number of allylic oxidation sites excluding steroid dienone is 4. The van der Waals surface area contributed by atoms with Gasteiger partial charge in [0.05, 0.1) is 11.2 Å². The third-order valence-corrected chi connectivity index (χ3v) is 9.44. The van der Waals surface area contributed by atoms with Crippen LogP contribution in [0.3, 0.4) is 0 Å². The minimum absolute atomic E-state index is 0.321. The Morgan fingerprint density at radius 3 is 2.18 bits per heavy atom. The molecule has 0 saturated carbocycles. The van der Waals surface area contributed by atoms with Crippen LogP contribution in [0, 0.1) is 5.92 Å². The highest BCUT2D eigenvalue weighted by Gasteiger charge is 2.18. The summed E-state index contributed by atoms with van der Waals surface area (Å²) in [5.41, 5.74) is 11.8. The van der Waals surface area contributed by atoms with E-state index in [2.05, 4.69) is 146 Å². The van der Waals surface area contributed by atoms with E-state index in [9.17, 15) is 0 Å². The van der Waals surface area contributed by atoms with Crippen LogP contribution < -0.4 is 0 Å². The summed E-state index contributed by atoms with van der Waals surface area (Å²) in [5, 5.41) is 3.42. The zero-order valence-corrected chi connectivity index (χ0v) is 27.3. The van der Waals surface area contributed by atoms with Gasteiger partial charge in [0.1, 0.15) is 0 Å². The first-order valence-electron chi connectivity index (χ1n) is 16.7. The largest absolute Gasteiger partial charge is 0.256 e. The Labute approximate surface area is 287 Å². The van der Waals surface area contributed by atoms with Gasteiger partial charge in [-0.2, -0.15) is 0 Å². The first kappa shape index (κ1) is 30.2. The second-order valence-corrected chi connectivity index (χ2v) is 12.5. The molecule has 1 atom stereocenters. The molecule has 234 valence electrons. The smallest absolute Gasteiger partial charge is 0.160 e. The van der Waals surface area contributed by atoms with E-state index >= 15 is 0 Å². The van der Waals surface area contributed by atoms with E-state index in [-0.39, 0.29) is 0 Å². The third kappa shape index (κ3) is 6.03. The Hall–Kier alpha value is -6.19. The molecule has 1 aliphatic rings. The molecule has 5 aromatic carbocycles. The van der Waals surface area contributed by atoms with E-state index in [0.717, 1.165) is 68.2 Å². The number of benzene rings is 5. The number of pyridine rings is 1. The fraction of sp³-hybridized carbons (Fsp3) is 0.0652. The Balaban J connectivity index is 1.17. The topological polar surface area (TPSA) is 38.7 Å². The van der Waals surface area contributed by atoms with Crippen molar-refractivity contribution in [3.63, 3.8) is 0 Å². The number of nitrogens with zero attached hydrogens (tertiary/aromatic N) is 3. The van der Waals surface area contributed by atoms with Crippen molar-refractivity contribution in [1.82, 2.24) is 15.0 Å². The van der Waals surface area contributed by atoms with Crippen LogP contribution in [0.1, 0.15) is 28.8 Å². The van der Waals surface area contributed by atoms with Crippen molar-refractivity contribution in [1.29, 1.82) is 0 Å². The van der Waals surface area contributed by atoms with Crippen LogP contribution in [0.5, 0.6) is 0 Å². The van der Waals surface area contributed by atoms with Crippen molar-refractivity contribution in [3.05, 3.63) is 181 Å². The molecule has 2 aromatic heterocycles. The minimum atomic E-state index is 0.321. The molecule has 0 spiro atoms. The normalized spacial score (nSPS) is 14.1. The molecular formula is C46H35N3. The van der Waals surface area contributed by atoms with Crippen molar-refractivity contribution in [2.75, 3.05) is 0 Å². The van der Waals surface area contributed by atoms with Crippen LogP contribution in [0.15, 0.2) is 159 Å². The van der Waals surface area contributed by atoms with Gasteiger partial charge in [0.15, 0.2) is 5.82 Å². The summed E-state index contributed by atoms with van der Waals surface area (Å²) in [7, 11) is 0. The maximum absolute atomic E-state index is 5.24. The maximum atomic E-state index is 5.24. The molecule has 0 N–H and O–H groups in total. The fourth-order valence-corrected chi connectivity index (χ4v) is 6.90. The molecule has 0 radical (unpaired) electrons. The third-order valence-electron chi connectivity index (χ3n) is 9.44. The summed E-state index contributed by atoms with van der Waals surface area (Å²) in [6.07, 6.45) is 14.3. The lowest BCUT2D eigenvalue weighted by Gasteiger charge is -2.18. The van der Waals surface area contributed by atoms with Gasteiger partial charge in [-0.25, -0.2) is 9.97 Å². The molecule has 0 fully saturated rings. The van der Waals surface area contributed by atoms with E-state index in [1.165, 1.54) is 22.3 Å². The number of fused-ring (bicyclic) bond motifs is 2. The van der Waals surface area contributed by atoms with E-state index in [1.54, 1.807) is 0 Å². The highest BCUT2D eigenvalue weighted by molar-refractivity contribution is 5.99. The Bertz CT molecular complexity index is 2420. The maximum Gasteiger partial charge on any atom is 0.160 e. The lowest BCUT2D eigenvalue weighted by molar-refractivity contribution is 0.643. The highest BCUT2D eigenvalue weighted by Crippen LogP contribution is 2.35. The predicted molar refractivity (Wildman–Crippen MR) is 207 cm³/mol. The molecule has 1 aliphatic carbocycles. The van der Waals surface area contributed by atoms with Crippen molar-refractivity contribution in [2.45, 2.75) is 12.8 Å². The summed E-state index contributed by atoms with van der Waals surface area (Å²) in [5.74, 6) is 1.02. The standard InChI is InChI=1S/C46H35N3/c1-3-40-41(4-2)43(29-37-13-8-9-15-42(37)40)46-48-39(30-45(49-46)35-22-20-33(21-23-35)32-11-6-5-7-12-32)27-31-16-18-34(19-17-31)36-24-25-44-38(28-36)14-10-26-47-44/h3-16,18-26,28-31H,1-2,17,27H2. The van der Waals surface area contributed by atoms with E-state index in [4.69, 9.17) is 9.97 Å². The second kappa shape index (κ2) is 13.1. The van der Waals surface area contributed by atoms with Gasteiger partial charge in [-0.3, -0.25) is 4.98 Å². The van der Waals surface area contributed by atoms with Crippen LogP contribution >= 0.6 is 0 Å². The van der Waals surface area contributed by atoms with Crippen LogP contribution in [0.4, 0.5) is 0 Å². The van der Waals surface area contributed by atoms with Crippen molar-refractivity contribution in [2.24, 2.45) is 5.92 Å². The number of hydrogen-bond acceptors (Lipinski definition) is 3. The first-order valence-corrected chi connectivity index (χ1v) is 16.7. The predicted octanol–water partition coefficient (Wildman–Crippen LogP) is 11.7. The molecule has 0 saturated heterocycles. The van der Waals surface area contributed by atoms with E-state index in [0.29, 0.717) is 11.7 Å². The summed E-state index contributed by atoms with van der Waals surface area (Å²) < 4.78 is 0. The molecule has 3 heteroatoms. The Morgan fingerprint density at radius 2 is 1.39 bits per heavy atom. The van der Waals surface area contributed by atoms with Gasteiger partial charge in [-0.15, -0.1) is 0 Å². The summed E-state index contributed by atoms with van der Waals surface area (Å²) in [4.78, 5) is 14.9. The average molecular weight is 630 g/mol. The lowest BCUT2D eigenvalue weighted by atomic mass is 9.89. The quantitative estimate of drug-likeness (QED) is 0.168. The molecule has 8 rings (SSSR count). The van der Waals surface area contributed by atoms with Crippen LogP contribution in [-0.4, -0.2) is 15.0 Å². The Kier molecular flexibility index (Phi) is 8.09. The van der Waals surface area contributed by atoms with Crippen LogP contribution in [0.2, 0.25) is 0 Å². The van der Waals surface area contributed by atoms with Gasteiger partial charge in [-0.05, 0) is 93.3 Å². The molecule has 7 aromatic rings. The molecular weight excluding hydrogens is 595 g/mol. The fourth-order valence-electron chi connectivity index (χ4n) is 6.90. The van der Waals surface area contributed by atoms with Gasteiger partial charge >= 0.3 is 0 Å². The summed E-state index contributed by atoms with van der Waals surface area (Å²) in [6, 6.07) is 42.5. The highest BCUT2D eigenvalue weighted by atomic mass is 14.9. The van der Waals surface area contributed by atoms with Crippen molar-refractivity contribution < 1.29 is 0 Å². The second-order valence-electron chi connectivity index (χ2n) is 12.5. The first-order chi connectivity index (χ1) is 24.2. The van der Waals surface area contributed by atoms with Gasteiger partial charge < -0.3 is 0 Å². The number of aromatic nitrogens is 3. The molecule has 49 heavy (non-hydrogen) atoms.